The van der Waals surface area contributed by atoms with Gasteiger partial charge in [0.2, 0.25) is 0 Å². The smallest absolute Gasteiger partial charge is 0.0745 e. The molecule has 0 spiro atoms. The second-order valence-electron chi connectivity index (χ2n) is 6.99. The van der Waals surface area contributed by atoms with Gasteiger partial charge >= 0.3 is 0 Å². The van der Waals surface area contributed by atoms with Crippen molar-refractivity contribution in [3.63, 3.8) is 0 Å². The van der Waals surface area contributed by atoms with Crippen LogP contribution in [-0.4, -0.2) is 54.4 Å². The summed E-state index contributed by atoms with van der Waals surface area (Å²) >= 11 is 0. The van der Waals surface area contributed by atoms with Crippen LogP contribution >= 0.6 is 0 Å². The van der Waals surface area contributed by atoms with E-state index in [-0.39, 0.29) is 0 Å². The van der Waals surface area contributed by atoms with E-state index in [1.165, 1.54) is 31.2 Å². The molecule has 1 aromatic heterocycles. The molecule has 3 aliphatic rings. The van der Waals surface area contributed by atoms with Crippen LogP contribution in [0.5, 0.6) is 0 Å². The first-order valence-corrected chi connectivity index (χ1v) is 8.74. The Kier molecular flexibility index (Phi) is 4.42. The second-order valence-corrected chi connectivity index (χ2v) is 6.99. The molecule has 4 heteroatoms. The summed E-state index contributed by atoms with van der Waals surface area (Å²) in [6.45, 7) is 3.92. The molecule has 4 rings (SSSR count). The molecule has 1 aliphatic carbocycles. The summed E-state index contributed by atoms with van der Waals surface area (Å²) in [5.41, 5.74) is 1.37. The lowest BCUT2D eigenvalue weighted by Gasteiger charge is -2.32. The van der Waals surface area contributed by atoms with Gasteiger partial charge in [0.05, 0.1) is 12.7 Å². The van der Waals surface area contributed by atoms with Crippen LogP contribution in [0.4, 0.5) is 0 Å². The molecule has 0 radical (unpaired) electrons. The first-order valence-electron chi connectivity index (χ1n) is 8.74. The Bertz CT molecular complexity index is 471. The quantitative estimate of drug-likeness (QED) is 0.807. The van der Waals surface area contributed by atoms with E-state index in [0.717, 1.165) is 38.7 Å². The van der Waals surface area contributed by atoms with Crippen LogP contribution in [0.2, 0.25) is 0 Å². The molecule has 0 aromatic carbocycles. The highest BCUT2D eigenvalue weighted by molar-refractivity contribution is 5.13. The fourth-order valence-electron chi connectivity index (χ4n) is 3.83. The van der Waals surface area contributed by atoms with Gasteiger partial charge in [0.1, 0.15) is 0 Å². The number of nitrogens with zero attached hydrogens (tertiary/aromatic N) is 2. The molecule has 0 amide bonds. The van der Waals surface area contributed by atoms with Crippen molar-refractivity contribution in [3.8, 4) is 0 Å². The Morgan fingerprint density at radius 3 is 2.77 bits per heavy atom. The van der Waals surface area contributed by atoms with Crippen molar-refractivity contribution in [2.45, 2.75) is 50.3 Å². The molecule has 3 atom stereocenters. The summed E-state index contributed by atoms with van der Waals surface area (Å²) in [5.74, 6) is 0.838. The van der Waals surface area contributed by atoms with Crippen LogP contribution in [0, 0.1) is 5.92 Å². The third kappa shape index (κ3) is 3.34. The van der Waals surface area contributed by atoms with E-state index in [2.05, 4.69) is 22.0 Å². The van der Waals surface area contributed by atoms with Gasteiger partial charge in [-0.1, -0.05) is 0 Å². The molecule has 4 nitrogen and oxygen atoms in total. The van der Waals surface area contributed by atoms with Crippen LogP contribution in [0.25, 0.3) is 0 Å². The van der Waals surface area contributed by atoms with Gasteiger partial charge in [-0.05, 0) is 55.7 Å². The zero-order valence-electron chi connectivity index (χ0n) is 13.2. The fourth-order valence-corrected chi connectivity index (χ4v) is 3.83. The van der Waals surface area contributed by atoms with Crippen molar-refractivity contribution in [3.05, 3.63) is 30.1 Å². The average Bonchev–Trinajstić information content (AvgIpc) is 3.07. The molecular weight excluding hydrogens is 276 g/mol. The van der Waals surface area contributed by atoms with Gasteiger partial charge in [0.25, 0.3) is 0 Å². The van der Waals surface area contributed by atoms with E-state index in [1.54, 1.807) is 0 Å². The Balaban J connectivity index is 1.45. The van der Waals surface area contributed by atoms with Crippen LogP contribution in [-0.2, 0) is 15.9 Å². The lowest BCUT2D eigenvalue weighted by Crippen LogP contribution is -2.44. The third-order valence-corrected chi connectivity index (χ3v) is 5.34. The number of pyridine rings is 1. The molecule has 2 aliphatic heterocycles. The van der Waals surface area contributed by atoms with Crippen LogP contribution < -0.4 is 0 Å². The minimum Gasteiger partial charge on any atom is -0.380 e. The zero-order valence-corrected chi connectivity index (χ0v) is 13.2. The van der Waals surface area contributed by atoms with Gasteiger partial charge < -0.3 is 9.47 Å². The lowest BCUT2D eigenvalue weighted by atomic mass is 10.0. The van der Waals surface area contributed by atoms with E-state index < -0.39 is 0 Å². The summed E-state index contributed by atoms with van der Waals surface area (Å²) in [5, 5.41) is 0. The summed E-state index contributed by atoms with van der Waals surface area (Å²) in [7, 11) is 0. The van der Waals surface area contributed by atoms with Gasteiger partial charge in [0, 0.05) is 44.2 Å². The van der Waals surface area contributed by atoms with Crippen LogP contribution in [0.15, 0.2) is 24.5 Å². The van der Waals surface area contributed by atoms with Crippen molar-refractivity contribution in [2.75, 3.05) is 26.4 Å². The first-order chi connectivity index (χ1) is 10.9. The fraction of sp³-hybridized carbons (Fsp3) is 0.722. The maximum absolute atomic E-state index is 6.30. The topological polar surface area (TPSA) is 34.6 Å². The van der Waals surface area contributed by atoms with Gasteiger partial charge in [-0.3, -0.25) is 9.88 Å². The summed E-state index contributed by atoms with van der Waals surface area (Å²) in [6, 6.07) is 5.35. The van der Waals surface area contributed by atoms with Gasteiger partial charge in [0.15, 0.2) is 0 Å². The number of aromatic nitrogens is 1. The summed E-state index contributed by atoms with van der Waals surface area (Å²) in [6.07, 6.45) is 10.3. The standard InChI is InChI=1S/C18H26N2O2/c1-2-15(1)12-22-18-5-9-20(16-6-10-21-13-16)17(18)11-14-3-7-19-8-4-14/h3-4,7-8,15-18H,1-2,5-6,9-13H2/t16?,17-,18-/m1/s1. The average molecular weight is 302 g/mol. The number of ether oxygens (including phenoxy) is 2. The highest BCUT2D eigenvalue weighted by atomic mass is 16.5. The van der Waals surface area contributed by atoms with Crippen molar-refractivity contribution in [1.82, 2.24) is 9.88 Å². The maximum atomic E-state index is 6.30. The van der Waals surface area contributed by atoms with E-state index >= 15 is 0 Å². The molecule has 1 saturated carbocycles. The predicted octanol–water partition coefficient (Wildman–Crippen LogP) is 2.28. The van der Waals surface area contributed by atoms with Crippen LogP contribution in [0.1, 0.15) is 31.2 Å². The minimum absolute atomic E-state index is 0.384. The lowest BCUT2D eigenvalue weighted by molar-refractivity contribution is 0.0122. The molecule has 3 heterocycles. The largest absolute Gasteiger partial charge is 0.380 e. The van der Waals surface area contributed by atoms with E-state index in [4.69, 9.17) is 9.47 Å². The normalized spacial score (nSPS) is 32.6. The molecule has 3 fully saturated rings. The first kappa shape index (κ1) is 14.6. The van der Waals surface area contributed by atoms with Gasteiger partial charge in [-0.15, -0.1) is 0 Å². The molecule has 22 heavy (non-hydrogen) atoms. The maximum Gasteiger partial charge on any atom is 0.0745 e. The number of likely N-dealkylation sites (tertiary alicyclic amines) is 1. The Labute approximate surface area is 132 Å². The molecule has 120 valence electrons. The Morgan fingerprint density at radius 2 is 2.05 bits per heavy atom. The summed E-state index contributed by atoms with van der Waals surface area (Å²) < 4.78 is 11.9. The third-order valence-electron chi connectivity index (χ3n) is 5.34. The number of rotatable bonds is 6. The monoisotopic (exact) mass is 302 g/mol. The SMILES string of the molecule is c1cc(C[C@@H]2[C@H](OCC3CC3)CCN2C2CCOC2)ccn1. The van der Waals surface area contributed by atoms with Crippen molar-refractivity contribution >= 4 is 0 Å². The molecule has 0 N–H and O–H groups in total. The predicted molar refractivity (Wildman–Crippen MR) is 84.7 cm³/mol. The zero-order chi connectivity index (χ0) is 14.8. The number of hydrogen-bond donors (Lipinski definition) is 0. The van der Waals surface area contributed by atoms with Crippen LogP contribution in [0.3, 0.4) is 0 Å². The second kappa shape index (κ2) is 6.65. The Hall–Kier alpha value is -0.970. The highest BCUT2D eigenvalue weighted by Gasteiger charge is 2.40. The Morgan fingerprint density at radius 1 is 1.18 bits per heavy atom. The molecule has 1 aromatic rings. The van der Waals surface area contributed by atoms with Crippen molar-refractivity contribution < 1.29 is 9.47 Å². The molecular formula is C18H26N2O2. The highest BCUT2D eigenvalue weighted by Crippen LogP contribution is 2.33. The number of hydrogen-bond acceptors (Lipinski definition) is 4. The minimum atomic E-state index is 0.384. The van der Waals surface area contributed by atoms with E-state index in [0.29, 0.717) is 18.2 Å². The molecule has 0 bridgehead atoms. The van der Waals surface area contributed by atoms with Gasteiger partial charge in [-0.2, -0.15) is 0 Å². The molecule has 1 unspecified atom stereocenters. The van der Waals surface area contributed by atoms with Crippen molar-refractivity contribution in [2.24, 2.45) is 5.92 Å². The van der Waals surface area contributed by atoms with E-state index in [9.17, 15) is 0 Å². The molecule has 2 saturated heterocycles. The van der Waals surface area contributed by atoms with Gasteiger partial charge in [-0.25, -0.2) is 0 Å². The van der Waals surface area contributed by atoms with Crippen molar-refractivity contribution in [1.29, 1.82) is 0 Å². The summed E-state index contributed by atoms with van der Waals surface area (Å²) in [4.78, 5) is 6.80. The van der Waals surface area contributed by atoms with E-state index in [1.807, 2.05) is 12.4 Å².